The van der Waals surface area contributed by atoms with Crippen molar-refractivity contribution in [3.05, 3.63) is 35.9 Å². The Balaban J connectivity index is 1.48. The molecule has 1 aliphatic heterocycles. The van der Waals surface area contributed by atoms with Crippen molar-refractivity contribution in [3.8, 4) is 0 Å². The van der Waals surface area contributed by atoms with Crippen LogP contribution in [0.3, 0.4) is 0 Å². The van der Waals surface area contributed by atoms with E-state index < -0.39 is 0 Å². The van der Waals surface area contributed by atoms with E-state index in [-0.39, 0.29) is 0 Å². The van der Waals surface area contributed by atoms with Gasteiger partial charge in [0.15, 0.2) is 0 Å². The first-order chi connectivity index (χ1) is 11.1. The smallest absolute Gasteiger partial charge is 0.223 e. The van der Waals surface area contributed by atoms with Crippen LogP contribution in [0.5, 0.6) is 0 Å². The van der Waals surface area contributed by atoms with E-state index in [1.54, 1.807) is 0 Å². The van der Waals surface area contributed by atoms with Crippen LogP contribution in [0.4, 0.5) is 0 Å². The number of likely N-dealkylation sites (tertiary alicyclic amines) is 1. The molecule has 126 valence electrons. The van der Waals surface area contributed by atoms with E-state index in [2.05, 4.69) is 54.1 Å². The fraction of sp³-hybridized carbons (Fsp3) is 0.650. The third kappa shape index (κ3) is 4.14. The molecule has 0 N–H and O–H groups in total. The molecule has 2 unspecified atom stereocenters. The van der Waals surface area contributed by atoms with Gasteiger partial charge < -0.3 is 9.80 Å². The van der Waals surface area contributed by atoms with Crippen molar-refractivity contribution in [1.82, 2.24) is 9.80 Å². The second-order valence-electron chi connectivity index (χ2n) is 7.59. The first-order valence-electron chi connectivity index (χ1n) is 9.16. The van der Waals surface area contributed by atoms with E-state index in [1.165, 1.54) is 31.2 Å². The van der Waals surface area contributed by atoms with E-state index in [1.807, 2.05) is 0 Å². The van der Waals surface area contributed by atoms with Crippen molar-refractivity contribution in [1.29, 1.82) is 0 Å². The molecule has 2 fully saturated rings. The van der Waals surface area contributed by atoms with Gasteiger partial charge in [0.1, 0.15) is 0 Å². The minimum absolute atomic E-state index is 0.395. The zero-order valence-corrected chi connectivity index (χ0v) is 14.6. The molecule has 1 amide bonds. The standard InChI is InChI=1S/C20H30N2O/c1-16(18-8-4-3-5-9-18)13-21(2)14-17-12-20(23)22(15-17)19-10-6-7-11-19/h3-5,8-9,16-17,19H,6-7,10-15H2,1-2H3. The third-order valence-electron chi connectivity index (χ3n) is 5.53. The Morgan fingerprint density at radius 1 is 1.22 bits per heavy atom. The molecule has 2 aliphatic rings. The maximum absolute atomic E-state index is 12.3. The Morgan fingerprint density at radius 2 is 1.91 bits per heavy atom. The molecule has 1 aliphatic carbocycles. The summed E-state index contributed by atoms with van der Waals surface area (Å²) in [5.41, 5.74) is 1.40. The number of likely N-dealkylation sites (N-methyl/N-ethyl adjacent to an activating group) is 1. The molecule has 3 nitrogen and oxygen atoms in total. The minimum atomic E-state index is 0.395. The molecule has 2 atom stereocenters. The van der Waals surface area contributed by atoms with Gasteiger partial charge in [-0.15, -0.1) is 0 Å². The summed E-state index contributed by atoms with van der Waals surface area (Å²) in [7, 11) is 2.20. The molecule has 1 saturated heterocycles. The fourth-order valence-corrected chi connectivity index (χ4v) is 4.37. The van der Waals surface area contributed by atoms with E-state index in [0.29, 0.717) is 23.8 Å². The van der Waals surface area contributed by atoms with Crippen LogP contribution >= 0.6 is 0 Å². The monoisotopic (exact) mass is 314 g/mol. The van der Waals surface area contributed by atoms with Crippen molar-refractivity contribution in [3.63, 3.8) is 0 Å². The maximum Gasteiger partial charge on any atom is 0.223 e. The lowest BCUT2D eigenvalue weighted by Gasteiger charge is -2.26. The van der Waals surface area contributed by atoms with E-state index in [9.17, 15) is 4.79 Å². The summed E-state index contributed by atoms with van der Waals surface area (Å²) in [6, 6.07) is 11.3. The first-order valence-corrected chi connectivity index (χ1v) is 9.16. The summed E-state index contributed by atoms with van der Waals surface area (Å²) in [6.45, 7) is 5.36. The molecule has 1 aromatic carbocycles. The van der Waals surface area contributed by atoms with Gasteiger partial charge in [0, 0.05) is 32.1 Å². The predicted molar refractivity (Wildman–Crippen MR) is 94.4 cm³/mol. The zero-order valence-electron chi connectivity index (χ0n) is 14.6. The number of nitrogens with zero attached hydrogens (tertiary/aromatic N) is 2. The van der Waals surface area contributed by atoms with Gasteiger partial charge in [-0.25, -0.2) is 0 Å². The summed E-state index contributed by atoms with van der Waals surface area (Å²) in [5, 5.41) is 0. The minimum Gasteiger partial charge on any atom is -0.339 e. The molecule has 0 radical (unpaired) electrons. The quantitative estimate of drug-likeness (QED) is 0.802. The Bertz CT molecular complexity index is 510. The second kappa shape index (κ2) is 7.48. The number of amides is 1. The molecule has 23 heavy (non-hydrogen) atoms. The van der Waals surface area contributed by atoms with Crippen molar-refractivity contribution in [2.75, 3.05) is 26.7 Å². The summed E-state index contributed by atoms with van der Waals surface area (Å²) < 4.78 is 0. The number of rotatable bonds is 6. The molecule has 3 rings (SSSR count). The maximum atomic E-state index is 12.3. The van der Waals surface area contributed by atoms with Crippen LogP contribution in [0.1, 0.15) is 50.5 Å². The highest BCUT2D eigenvalue weighted by Gasteiger charge is 2.35. The number of carbonyl (C=O) groups excluding carboxylic acids is 1. The number of hydrogen-bond acceptors (Lipinski definition) is 2. The molecular formula is C20H30N2O. The molecule has 1 aromatic rings. The van der Waals surface area contributed by atoms with Crippen LogP contribution in [0.25, 0.3) is 0 Å². The Morgan fingerprint density at radius 3 is 2.61 bits per heavy atom. The Kier molecular flexibility index (Phi) is 5.37. The molecule has 0 aromatic heterocycles. The van der Waals surface area contributed by atoms with Gasteiger partial charge in [-0.2, -0.15) is 0 Å². The molecule has 3 heteroatoms. The summed E-state index contributed by atoms with van der Waals surface area (Å²) in [4.78, 5) is 16.9. The number of benzene rings is 1. The van der Waals surface area contributed by atoms with Crippen LogP contribution < -0.4 is 0 Å². The van der Waals surface area contributed by atoms with Gasteiger partial charge in [0.05, 0.1) is 0 Å². The van der Waals surface area contributed by atoms with Crippen molar-refractivity contribution in [2.45, 2.75) is 51.0 Å². The molecule has 0 spiro atoms. The van der Waals surface area contributed by atoms with E-state index >= 15 is 0 Å². The molecule has 1 heterocycles. The van der Waals surface area contributed by atoms with Crippen molar-refractivity contribution in [2.24, 2.45) is 5.92 Å². The van der Waals surface area contributed by atoms with Crippen LogP contribution in [0.15, 0.2) is 30.3 Å². The third-order valence-corrected chi connectivity index (χ3v) is 5.53. The second-order valence-corrected chi connectivity index (χ2v) is 7.59. The Hall–Kier alpha value is -1.35. The predicted octanol–water partition coefficient (Wildman–Crippen LogP) is 3.51. The molecule has 1 saturated carbocycles. The lowest BCUT2D eigenvalue weighted by Crippen LogP contribution is -2.36. The van der Waals surface area contributed by atoms with Gasteiger partial charge in [0.25, 0.3) is 0 Å². The van der Waals surface area contributed by atoms with Gasteiger partial charge in [-0.05, 0) is 37.3 Å². The lowest BCUT2D eigenvalue weighted by molar-refractivity contribution is -0.129. The van der Waals surface area contributed by atoms with Gasteiger partial charge in [-0.3, -0.25) is 4.79 Å². The molecule has 0 bridgehead atoms. The number of carbonyl (C=O) groups is 1. The average molecular weight is 314 g/mol. The average Bonchev–Trinajstić information content (AvgIpc) is 3.17. The fourth-order valence-electron chi connectivity index (χ4n) is 4.37. The number of hydrogen-bond donors (Lipinski definition) is 0. The topological polar surface area (TPSA) is 23.6 Å². The van der Waals surface area contributed by atoms with Gasteiger partial charge >= 0.3 is 0 Å². The van der Waals surface area contributed by atoms with Gasteiger partial charge in [0.2, 0.25) is 5.91 Å². The molecular weight excluding hydrogens is 284 g/mol. The van der Waals surface area contributed by atoms with Crippen molar-refractivity contribution >= 4 is 5.91 Å². The summed E-state index contributed by atoms with van der Waals surface area (Å²) in [5.74, 6) is 1.44. The largest absolute Gasteiger partial charge is 0.339 e. The highest BCUT2D eigenvalue weighted by Crippen LogP contribution is 2.29. The Labute approximate surface area is 140 Å². The summed E-state index contributed by atoms with van der Waals surface area (Å²) >= 11 is 0. The van der Waals surface area contributed by atoms with Crippen molar-refractivity contribution < 1.29 is 4.79 Å². The van der Waals surface area contributed by atoms with Crippen LogP contribution in [-0.2, 0) is 4.79 Å². The van der Waals surface area contributed by atoms with Crippen LogP contribution in [-0.4, -0.2) is 48.4 Å². The van der Waals surface area contributed by atoms with Crippen LogP contribution in [0, 0.1) is 5.92 Å². The van der Waals surface area contributed by atoms with Crippen LogP contribution in [0.2, 0.25) is 0 Å². The summed E-state index contributed by atoms with van der Waals surface area (Å²) in [6.07, 6.45) is 5.79. The lowest BCUT2D eigenvalue weighted by atomic mass is 10.00. The SMILES string of the molecule is CC(CN(C)CC1CC(=O)N(C2CCCC2)C1)c1ccccc1. The van der Waals surface area contributed by atoms with E-state index in [0.717, 1.165) is 26.1 Å². The first kappa shape index (κ1) is 16.5. The van der Waals surface area contributed by atoms with Gasteiger partial charge in [-0.1, -0.05) is 50.1 Å². The highest BCUT2D eigenvalue weighted by atomic mass is 16.2. The highest BCUT2D eigenvalue weighted by molar-refractivity contribution is 5.79. The zero-order chi connectivity index (χ0) is 16.2. The van der Waals surface area contributed by atoms with E-state index in [4.69, 9.17) is 0 Å². The normalized spacial score (nSPS) is 23.9.